The first-order valence-electron chi connectivity index (χ1n) is 11.6. The third kappa shape index (κ3) is 10.0. The standard InChI is InChI=1S/C27H32NO6P/c29-16-7-17-35(31,32)34-21-25(28-27(30)19-22-8-3-1-4-9-22)18-23-12-14-26(15-13-23)33-20-24-10-5-2-6-11-24/h1-6,8-15,25,29H,7,16-21H2,(H,28,30)(H,31,32). The van der Waals surface area contributed by atoms with Gasteiger partial charge in [0.15, 0.2) is 0 Å². The molecule has 3 aromatic rings. The van der Waals surface area contributed by atoms with E-state index in [1.807, 2.05) is 84.9 Å². The second kappa shape index (κ2) is 13.8. The first kappa shape index (κ1) is 26.6. The molecule has 2 atom stereocenters. The zero-order chi connectivity index (χ0) is 24.9. The summed E-state index contributed by atoms with van der Waals surface area (Å²) in [4.78, 5) is 22.6. The molecule has 35 heavy (non-hydrogen) atoms. The summed E-state index contributed by atoms with van der Waals surface area (Å²) in [6.07, 6.45) is 0.648. The number of aliphatic hydroxyl groups is 1. The lowest BCUT2D eigenvalue weighted by Crippen LogP contribution is -2.40. The van der Waals surface area contributed by atoms with E-state index < -0.39 is 13.6 Å². The zero-order valence-corrected chi connectivity index (χ0v) is 20.5. The van der Waals surface area contributed by atoms with Crippen molar-refractivity contribution >= 4 is 13.5 Å². The van der Waals surface area contributed by atoms with Crippen LogP contribution in [0.3, 0.4) is 0 Å². The summed E-state index contributed by atoms with van der Waals surface area (Å²) < 4.78 is 23.3. The first-order valence-corrected chi connectivity index (χ1v) is 13.4. The minimum atomic E-state index is -3.86. The molecule has 0 bridgehead atoms. The molecule has 0 aliphatic rings. The van der Waals surface area contributed by atoms with E-state index in [1.54, 1.807) is 0 Å². The Kier molecular flexibility index (Phi) is 10.5. The van der Waals surface area contributed by atoms with Crippen LogP contribution < -0.4 is 10.1 Å². The Labute approximate surface area is 206 Å². The highest BCUT2D eigenvalue weighted by molar-refractivity contribution is 7.52. The topological polar surface area (TPSA) is 105 Å². The maximum Gasteiger partial charge on any atom is 0.328 e. The molecular formula is C27H32NO6P. The minimum Gasteiger partial charge on any atom is -0.489 e. The number of carbonyl (C=O) groups excluding carboxylic acids is 1. The van der Waals surface area contributed by atoms with Crippen LogP contribution in [-0.2, 0) is 33.3 Å². The molecule has 0 aliphatic heterocycles. The Balaban J connectivity index is 1.60. The van der Waals surface area contributed by atoms with Gasteiger partial charge in [-0.25, -0.2) is 0 Å². The molecule has 0 aromatic heterocycles. The van der Waals surface area contributed by atoms with Gasteiger partial charge < -0.3 is 24.6 Å². The Morgan fingerprint density at radius 3 is 2.14 bits per heavy atom. The molecule has 3 rings (SSSR count). The molecule has 3 aromatic carbocycles. The highest BCUT2D eigenvalue weighted by Crippen LogP contribution is 2.42. The monoisotopic (exact) mass is 497 g/mol. The van der Waals surface area contributed by atoms with Crippen LogP contribution in [0.5, 0.6) is 5.75 Å². The van der Waals surface area contributed by atoms with E-state index in [4.69, 9.17) is 14.4 Å². The maximum atomic E-state index is 12.6. The van der Waals surface area contributed by atoms with Crippen LogP contribution in [0.2, 0.25) is 0 Å². The smallest absolute Gasteiger partial charge is 0.328 e. The van der Waals surface area contributed by atoms with E-state index in [0.717, 1.165) is 22.4 Å². The number of rotatable bonds is 14. The highest BCUT2D eigenvalue weighted by atomic mass is 31.2. The van der Waals surface area contributed by atoms with Crippen molar-refractivity contribution in [2.75, 3.05) is 19.4 Å². The number of amides is 1. The number of benzene rings is 3. The molecule has 0 spiro atoms. The normalized spacial score (nSPS) is 13.5. The molecule has 0 heterocycles. The molecule has 0 fully saturated rings. The van der Waals surface area contributed by atoms with Crippen molar-refractivity contribution in [1.29, 1.82) is 0 Å². The summed E-state index contributed by atoms with van der Waals surface area (Å²) >= 11 is 0. The van der Waals surface area contributed by atoms with Crippen molar-refractivity contribution in [3.8, 4) is 5.75 Å². The van der Waals surface area contributed by atoms with Crippen LogP contribution in [0.25, 0.3) is 0 Å². The van der Waals surface area contributed by atoms with Gasteiger partial charge in [0, 0.05) is 6.61 Å². The van der Waals surface area contributed by atoms with E-state index in [9.17, 15) is 14.3 Å². The number of nitrogens with one attached hydrogen (secondary N) is 1. The Morgan fingerprint density at radius 2 is 1.51 bits per heavy atom. The molecule has 8 heteroatoms. The summed E-state index contributed by atoms with van der Waals surface area (Å²) in [6, 6.07) is 26.3. The van der Waals surface area contributed by atoms with Crippen LogP contribution in [0.4, 0.5) is 0 Å². The molecular weight excluding hydrogens is 465 g/mol. The second-order valence-electron chi connectivity index (χ2n) is 8.28. The van der Waals surface area contributed by atoms with Crippen molar-refractivity contribution in [2.24, 2.45) is 0 Å². The van der Waals surface area contributed by atoms with Gasteiger partial charge in [0.25, 0.3) is 0 Å². The van der Waals surface area contributed by atoms with Crippen molar-refractivity contribution in [2.45, 2.75) is 31.9 Å². The number of hydrogen-bond acceptors (Lipinski definition) is 5. The third-order valence-corrected chi connectivity index (χ3v) is 6.74. The highest BCUT2D eigenvalue weighted by Gasteiger charge is 2.22. The SMILES string of the molecule is O=C(Cc1ccccc1)NC(COP(=O)(O)CCCO)Cc1ccc(OCc2ccccc2)cc1. The molecule has 3 N–H and O–H groups in total. The molecule has 1 amide bonds. The fourth-order valence-electron chi connectivity index (χ4n) is 3.50. The second-order valence-corrected chi connectivity index (χ2v) is 10.3. The van der Waals surface area contributed by atoms with Gasteiger partial charge in [-0.2, -0.15) is 0 Å². The molecule has 0 saturated heterocycles. The minimum absolute atomic E-state index is 0.119. The number of aliphatic hydroxyl groups excluding tert-OH is 1. The van der Waals surface area contributed by atoms with Gasteiger partial charge in [-0.15, -0.1) is 0 Å². The molecule has 0 aliphatic carbocycles. The molecule has 186 valence electrons. The number of carbonyl (C=O) groups is 1. The van der Waals surface area contributed by atoms with Gasteiger partial charge in [-0.05, 0) is 41.7 Å². The van der Waals surface area contributed by atoms with Crippen molar-refractivity contribution in [3.05, 3.63) is 102 Å². The maximum absolute atomic E-state index is 12.6. The average molecular weight is 498 g/mol. The van der Waals surface area contributed by atoms with E-state index in [0.29, 0.717) is 13.0 Å². The molecule has 0 saturated carbocycles. The molecule has 2 unspecified atom stereocenters. The average Bonchev–Trinajstić information content (AvgIpc) is 2.87. The summed E-state index contributed by atoms with van der Waals surface area (Å²) in [5.41, 5.74) is 2.87. The predicted molar refractivity (Wildman–Crippen MR) is 135 cm³/mol. The van der Waals surface area contributed by atoms with Gasteiger partial charge in [0.1, 0.15) is 12.4 Å². The number of hydrogen-bond donors (Lipinski definition) is 3. The summed E-state index contributed by atoms with van der Waals surface area (Å²) in [5.74, 6) is 0.526. The van der Waals surface area contributed by atoms with Crippen LogP contribution in [0.15, 0.2) is 84.9 Å². The van der Waals surface area contributed by atoms with E-state index in [1.165, 1.54) is 0 Å². The van der Waals surface area contributed by atoms with Gasteiger partial charge in [0.05, 0.1) is 25.2 Å². The third-order valence-electron chi connectivity index (χ3n) is 5.30. The Bertz CT molecular complexity index is 1080. The molecule has 7 nitrogen and oxygen atoms in total. The van der Waals surface area contributed by atoms with Gasteiger partial charge in [0.2, 0.25) is 5.91 Å². The van der Waals surface area contributed by atoms with Gasteiger partial charge in [-0.3, -0.25) is 9.36 Å². The fraction of sp³-hybridized carbons (Fsp3) is 0.296. The summed E-state index contributed by atoms with van der Waals surface area (Å²) in [5, 5.41) is 11.9. The van der Waals surface area contributed by atoms with Crippen LogP contribution in [0, 0.1) is 0 Å². The lowest BCUT2D eigenvalue weighted by molar-refractivity contribution is -0.121. The van der Waals surface area contributed by atoms with Crippen molar-refractivity contribution in [1.82, 2.24) is 5.32 Å². The Hall–Kier alpha value is -2.96. The van der Waals surface area contributed by atoms with Crippen molar-refractivity contribution < 1.29 is 28.6 Å². The quantitative estimate of drug-likeness (QED) is 0.290. The van der Waals surface area contributed by atoms with E-state index in [-0.39, 0.29) is 38.1 Å². The van der Waals surface area contributed by atoms with E-state index >= 15 is 0 Å². The molecule has 0 radical (unpaired) electrons. The predicted octanol–water partition coefficient (Wildman–Crippen LogP) is 4.12. The Morgan fingerprint density at radius 1 is 0.886 bits per heavy atom. The zero-order valence-electron chi connectivity index (χ0n) is 19.6. The van der Waals surface area contributed by atoms with Gasteiger partial charge >= 0.3 is 7.60 Å². The summed E-state index contributed by atoms with van der Waals surface area (Å²) in [7, 11) is -3.86. The largest absolute Gasteiger partial charge is 0.489 e. The lowest BCUT2D eigenvalue weighted by atomic mass is 10.1. The fourth-order valence-corrected chi connectivity index (χ4v) is 4.58. The van der Waals surface area contributed by atoms with Gasteiger partial charge in [-0.1, -0.05) is 72.8 Å². The van der Waals surface area contributed by atoms with Crippen molar-refractivity contribution in [3.63, 3.8) is 0 Å². The van der Waals surface area contributed by atoms with Crippen LogP contribution in [0.1, 0.15) is 23.1 Å². The number of ether oxygens (including phenoxy) is 1. The summed E-state index contributed by atoms with van der Waals surface area (Å²) in [6.45, 7) is 0.154. The van der Waals surface area contributed by atoms with Crippen LogP contribution in [-0.4, -0.2) is 41.3 Å². The van der Waals surface area contributed by atoms with E-state index in [2.05, 4.69) is 5.32 Å². The lowest BCUT2D eigenvalue weighted by Gasteiger charge is -2.21. The first-order chi connectivity index (χ1) is 16.9. The van der Waals surface area contributed by atoms with Crippen LogP contribution >= 0.6 is 7.60 Å².